The van der Waals surface area contributed by atoms with Gasteiger partial charge in [-0.2, -0.15) is 4.99 Å². The van der Waals surface area contributed by atoms with Crippen molar-refractivity contribution < 1.29 is 19.1 Å². The van der Waals surface area contributed by atoms with Crippen LogP contribution < -0.4 is 10.1 Å². The number of amides is 2. The summed E-state index contributed by atoms with van der Waals surface area (Å²) in [5, 5.41) is 3.34. The fraction of sp³-hybridized carbons (Fsp3) is 0.250. The summed E-state index contributed by atoms with van der Waals surface area (Å²) in [7, 11) is 1.45. The summed E-state index contributed by atoms with van der Waals surface area (Å²) >= 11 is 12.4. The lowest BCUT2D eigenvalue weighted by Crippen LogP contribution is -2.45. The molecule has 6 nitrogen and oxygen atoms in total. The quantitative estimate of drug-likeness (QED) is 0.725. The van der Waals surface area contributed by atoms with Gasteiger partial charge < -0.3 is 14.8 Å². The summed E-state index contributed by atoms with van der Waals surface area (Å²) in [4.78, 5) is 29.3. The third kappa shape index (κ3) is 3.98. The highest BCUT2D eigenvalue weighted by Gasteiger charge is 2.42. The van der Waals surface area contributed by atoms with Gasteiger partial charge in [-0.15, -0.1) is 0 Å². The second kappa shape index (κ2) is 8.63. The largest absolute Gasteiger partial charge is 0.495 e. The van der Waals surface area contributed by atoms with Crippen molar-refractivity contribution >= 4 is 40.9 Å². The molecule has 146 valence electrons. The van der Waals surface area contributed by atoms with E-state index in [9.17, 15) is 9.59 Å². The van der Waals surface area contributed by atoms with Crippen LogP contribution in [0.5, 0.6) is 5.75 Å². The topological polar surface area (TPSA) is 77.0 Å². The molecule has 0 aliphatic carbocycles. The molecule has 1 heterocycles. The minimum atomic E-state index is -0.900. The van der Waals surface area contributed by atoms with Gasteiger partial charge in [-0.05, 0) is 24.6 Å². The minimum Gasteiger partial charge on any atom is -0.495 e. The van der Waals surface area contributed by atoms with E-state index in [-0.39, 0.29) is 11.6 Å². The van der Waals surface area contributed by atoms with E-state index in [1.807, 2.05) is 6.07 Å². The summed E-state index contributed by atoms with van der Waals surface area (Å²) in [6.07, 6.45) is 0. The Morgan fingerprint density at radius 1 is 1.21 bits per heavy atom. The number of halogens is 2. The number of rotatable bonds is 5. The van der Waals surface area contributed by atoms with Gasteiger partial charge in [-0.3, -0.25) is 4.79 Å². The van der Waals surface area contributed by atoms with Crippen LogP contribution in [0.2, 0.25) is 10.0 Å². The Balaban J connectivity index is 2.19. The van der Waals surface area contributed by atoms with Crippen LogP contribution in [-0.4, -0.2) is 31.4 Å². The van der Waals surface area contributed by atoms with E-state index in [4.69, 9.17) is 32.7 Å². The van der Waals surface area contributed by atoms with Gasteiger partial charge >= 0.3 is 12.0 Å². The van der Waals surface area contributed by atoms with Crippen molar-refractivity contribution in [1.82, 2.24) is 5.32 Å². The molecule has 0 aromatic heterocycles. The molecular formula is C20H18Cl2N2O4. The third-order valence-electron chi connectivity index (χ3n) is 4.32. The maximum atomic E-state index is 12.9. The first-order valence-corrected chi connectivity index (χ1v) is 9.36. The fourth-order valence-electron chi connectivity index (χ4n) is 3.20. The number of benzene rings is 2. The molecule has 1 aliphatic heterocycles. The molecule has 2 amide bonds. The summed E-state index contributed by atoms with van der Waals surface area (Å²) in [5.74, 6) is -1.10. The number of hydrogen-bond donors (Lipinski definition) is 1. The van der Waals surface area contributed by atoms with Gasteiger partial charge in [0.05, 0.1) is 30.5 Å². The zero-order valence-electron chi connectivity index (χ0n) is 15.2. The molecule has 0 radical (unpaired) electrons. The van der Waals surface area contributed by atoms with Crippen molar-refractivity contribution in [1.29, 1.82) is 0 Å². The van der Waals surface area contributed by atoms with Gasteiger partial charge in [-0.1, -0.05) is 53.5 Å². The third-order valence-corrected chi connectivity index (χ3v) is 4.81. The summed E-state index contributed by atoms with van der Waals surface area (Å²) in [6.45, 7) is 1.90. The molecule has 0 bridgehead atoms. The number of urea groups is 1. The van der Waals surface area contributed by atoms with Crippen LogP contribution in [0, 0.1) is 5.92 Å². The fourth-order valence-corrected chi connectivity index (χ4v) is 3.79. The molecule has 28 heavy (non-hydrogen) atoms. The van der Waals surface area contributed by atoms with Gasteiger partial charge in [0.15, 0.2) is 0 Å². The Hall–Kier alpha value is -2.57. The number of carbonyl (C=O) groups excluding carboxylic acids is 2. The van der Waals surface area contributed by atoms with Gasteiger partial charge in [0.25, 0.3) is 0 Å². The predicted octanol–water partition coefficient (Wildman–Crippen LogP) is 4.43. The van der Waals surface area contributed by atoms with Crippen molar-refractivity contribution in [3.63, 3.8) is 0 Å². The number of hydrogen-bond acceptors (Lipinski definition) is 4. The van der Waals surface area contributed by atoms with E-state index in [1.54, 1.807) is 37.3 Å². The molecule has 1 aliphatic rings. The van der Waals surface area contributed by atoms with E-state index in [2.05, 4.69) is 10.3 Å². The number of esters is 1. The lowest BCUT2D eigenvalue weighted by atomic mass is 9.84. The van der Waals surface area contributed by atoms with Crippen LogP contribution in [-0.2, 0) is 9.53 Å². The average molecular weight is 421 g/mol. The standard InChI is InChI=1S/C20H18Cl2N2O4/c1-3-28-19(25)15-16(11-7-5-4-6-8-11)23-20(26)24-17(15)13-9-12(21)10-14(22)18(13)27-2/h4-10,15,17H,3H2,1-2H3,(H,24,26). The predicted molar refractivity (Wildman–Crippen MR) is 107 cm³/mol. The van der Waals surface area contributed by atoms with Crippen LogP contribution in [0.4, 0.5) is 4.79 Å². The Morgan fingerprint density at radius 3 is 2.57 bits per heavy atom. The summed E-state index contributed by atoms with van der Waals surface area (Å²) in [6, 6.07) is 10.7. The molecular weight excluding hydrogens is 403 g/mol. The molecule has 0 fully saturated rings. The van der Waals surface area contributed by atoms with Gasteiger partial charge in [0, 0.05) is 10.6 Å². The number of nitrogens with one attached hydrogen (secondary N) is 1. The minimum absolute atomic E-state index is 0.186. The molecule has 0 saturated carbocycles. The molecule has 0 saturated heterocycles. The van der Waals surface area contributed by atoms with E-state index in [0.717, 1.165) is 0 Å². The van der Waals surface area contributed by atoms with E-state index >= 15 is 0 Å². The Bertz CT molecular complexity index is 931. The molecule has 2 unspecified atom stereocenters. The van der Waals surface area contributed by atoms with Crippen LogP contribution in [0.15, 0.2) is 47.5 Å². The molecule has 2 aromatic carbocycles. The zero-order chi connectivity index (χ0) is 20.3. The number of methoxy groups -OCH3 is 1. The van der Waals surface area contributed by atoms with E-state index in [0.29, 0.717) is 27.6 Å². The second-order valence-corrected chi connectivity index (χ2v) is 6.87. The maximum absolute atomic E-state index is 12.9. The summed E-state index contributed by atoms with van der Waals surface area (Å²) < 4.78 is 10.7. The maximum Gasteiger partial charge on any atom is 0.341 e. The zero-order valence-corrected chi connectivity index (χ0v) is 16.8. The molecule has 2 atom stereocenters. The Kier molecular flexibility index (Phi) is 6.21. The van der Waals surface area contributed by atoms with E-state index < -0.39 is 24.0 Å². The van der Waals surface area contributed by atoms with Crippen molar-refractivity contribution in [3.8, 4) is 5.75 Å². The summed E-state index contributed by atoms with van der Waals surface area (Å²) in [5.41, 5.74) is 1.42. The SMILES string of the molecule is CCOC(=O)C1C(c2ccccc2)=NC(=O)NC1c1cc(Cl)cc(Cl)c1OC. The van der Waals surface area contributed by atoms with Crippen LogP contribution in [0.3, 0.4) is 0 Å². The Morgan fingerprint density at radius 2 is 1.93 bits per heavy atom. The molecule has 3 rings (SSSR count). The first kappa shape index (κ1) is 20.2. The Labute approximate surface area is 172 Å². The smallest absolute Gasteiger partial charge is 0.341 e. The van der Waals surface area contributed by atoms with Crippen LogP contribution in [0.25, 0.3) is 0 Å². The van der Waals surface area contributed by atoms with Gasteiger partial charge in [-0.25, -0.2) is 4.79 Å². The first-order chi connectivity index (χ1) is 13.5. The first-order valence-electron chi connectivity index (χ1n) is 8.60. The van der Waals surface area contributed by atoms with Gasteiger partial charge in [0.2, 0.25) is 0 Å². The average Bonchev–Trinajstić information content (AvgIpc) is 2.67. The van der Waals surface area contributed by atoms with Crippen LogP contribution in [0.1, 0.15) is 24.1 Å². The molecule has 8 heteroatoms. The van der Waals surface area contributed by atoms with E-state index in [1.165, 1.54) is 13.2 Å². The molecule has 2 aromatic rings. The highest BCUT2D eigenvalue weighted by Crippen LogP contribution is 2.40. The monoisotopic (exact) mass is 420 g/mol. The highest BCUT2D eigenvalue weighted by molar-refractivity contribution is 6.35. The molecule has 0 spiro atoms. The second-order valence-electron chi connectivity index (χ2n) is 6.03. The number of carbonyl (C=O) groups is 2. The number of nitrogens with zero attached hydrogens (tertiary/aromatic N) is 1. The van der Waals surface area contributed by atoms with Crippen LogP contribution >= 0.6 is 23.2 Å². The highest BCUT2D eigenvalue weighted by atomic mass is 35.5. The lowest BCUT2D eigenvalue weighted by molar-refractivity contribution is -0.146. The van der Waals surface area contributed by atoms with Gasteiger partial charge in [0.1, 0.15) is 11.7 Å². The van der Waals surface area contributed by atoms with Crippen molar-refractivity contribution in [2.24, 2.45) is 10.9 Å². The normalized spacial score (nSPS) is 18.9. The lowest BCUT2D eigenvalue weighted by Gasteiger charge is -2.32. The molecule has 1 N–H and O–H groups in total. The van der Waals surface area contributed by atoms with Crippen molar-refractivity contribution in [3.05, 3.63) is 63.6 Å². The number of aliphatic imine (C=N–C) groups is 1. The van der Waals surface area contributed by atoms with Crippen molar-refractivity contribution in [2.75, 3.05) is 13.7 Å². The number of ether oxygens (including phenoxy) is 2. The van der Waals surface area contributed by atoms with Crippen molar-refractivity contribution in [2.45, 2.75) is 13.0 Å².